The minimum Gasteiger partial charge on any atom is -0.492 e. The summed E-state index contributed by atoms with van der Waals surface area (Å²) in [6, 6.07) is 10.7. The summed E-state index contributed by atoms with van der Waals surface area (Å²) in [4.78, 5) is 4.30. The van der Waals surface area contributed by atoms with Crippen LogP contribution in [0.15, 0.2) is 42.7 Å². The van der Waals surface area contributed by atoms with Crippen molar-refractivity contribution in [1.82, 2.24) is 10.3 Å². The zero-order valence-corrected chi connectivity index (χ0v) is 12.4. The monoisotopic (exact) mass is 270 g/mol. The molecule has 20 heavy (non-hydrogen) atoms. The molecule has 1 unspecified atom stereocenters. The Balaban J connectivity index is 2.38. The first kappa shape index (κ1) is 14.5. The molecule has 3 heteroatoms. The van der Waals surface area contributed by atoms with Crippen molar-refractivity contribution in [2.75, 3.05) is 13.2 Å². The summed E-state index contributed by atoms with van der Waals surface area (Å²) in [6.07, 6.45) is 3.66. The molecule has 0 aliphatic rings. The summed E-state index contributed by atoms with van der Waals surface area (Å²) < 4.78 is 5.55. The van der Waals surface area contributed by atoms with Crippen molar-refractivity contribution in [1.29, 1.82) is 0 Å². The quantitative estimate of drug-likeness (QED) is 0.872. The third-order valence-electron chi connectivity index (χ3n) is 3.29. The van der Waals surface area contributed by atoms with Crippen LogP contribution in [0.4, 0.5) is 0 Å². The van der Waals surface area contributed by atoms with Crippen LogP contribution < -0.4 is 10.1 Å². The number of hydrogen-bond acceptors (Lipinski definition) is 3. The molecule has 1 atom stereocenters. The normalized spacial score (nSPS) is 12.2. The van der Waals surface area contributed by atoms with E-state index >= 15 is 0 Å². The Morgan fingerprint density at radius 3 is 2.70 bits per heavy atom. The Labute approximate surface area is 121 Å². The maximum atomic E-state index is 5.55. The van der Waals surface area contributed by atoms with Crippen molar-refractivity contribution >= 4 is 0 Å². The predicted octanol–water partition coefficient (Wildman–Crippen LogP) is 3.49. The second-order valence-corrected chi connectivity index (χ2v) is 4.73. The van der Waals surface area contributed by atoms with Gasteiger partial charge in [0.15, 0.2) is 0 Å². The van der Waals surface area contributed by atoms with E-state index in [-0.39, 0.29) is 6.04 Å². The van der Waals surface area contributed by atoms with Gasteiger partial charge in [0.2, 0.25) is 0 Å². The zero-order chi connectivity index (χ0) is 14.4. The van der Waals surface area contributed by atoms with Crippen LogP contribution in [0, 0.1) is 6.92 Å². The third kappa shape index (κ3) is 3.36. The molecule has 0 spiro atoms. The van der Waals surface area contributed by atoms with Gasteiger partial charge in [-0.25, -0.2) is 0 Å². The van der Waals surface area contributed by atoms with E-state index in [1.54, 1.807) is 6.20 Å². The molecule has 0 radical (unpaired) electrons. The highest BCUT2D eigenvalue weighted by Crippen LogP contribution is 2.26. The molecule has 1 N–H and O–H groups in total. The van der Waals surface area contributed by atoms with Crippen LogP contribution in [0.3, 0.4) is 0 Å². The lowest BCUT2D eigenvalue weighted by atomic mass is 9.96. The summed E-state index contributed by atoms with van der Waals surface area (Å²) in [5, 5.41) is 3.53. The minimum atomic E-state index is 0.147. The average Bonchev–Trinajstić information content (AvgIpc) is 2.46. The standard InChI is InChI=1S/C17H22N2O/c1-4-19-17(16-9-7-6-8-13(16)3)14-10-15(20-5-2)12-18-11-14/h6-12,17,19H,4-5H2,1-3H3. The van der Waals surface area contributed by atoms with E-state index in [1.165, 1.54) is 11.1 Å². The van der Waals surface area contributed by atoms with Gasteiger partial charge in [-0.3, -0.25) is 4.98 Å². The second-order valence-electron chi connectivity index (χ2n) is 4.73. The first-order chi connectivity index (χ1) is 9.76. The molecule has 1 heterocycles. The maximum Gasteiger partial charge on any atom is 0.137 e. The lowest BCUT2D eigenvalue weighted by molar-refractivity contribution is 0.338. The van der Waals surface area contributed by atoms with Gasteiger partial charge >= 0.3 is 0 Å². The Bertz CT molecular complexity index is 554. The fourth-order valence-electron chi connectivity index (χ4n) is 2.36. The van der Waals surface area contributed by atoms with Crippen LogP contribution in [0.1, 0.15) is 36.6 Å². The Hall–Kier alpha value is -1.87. The van der Waals surface area contributed by atoms with E-state index in [0.29, 0.717) is 6.61 Å². The largest absolute Gasteiger partial charge is 0.492 e. The van der Waals surface area contributed by atoms with Gasteiger partial charge in [-0.15, -0.1) is 0 Å². The van der Waals surface area contributed by atoms with E-state index < -0.39 is 0 Å². The molecule has 3 nitrogen and oxygen atoms in total. The molecule has 0 saturated carbocycles. The van der Waals surface area contributed by atoms with E-state index in [2.05, 4.69) is 54.5 Å². The van der Waals surface area contributed by atoms with Gasteiger partial charge in [0.05, 0.1) is 18.8 Å². The number of nitrogens with zero attached hydrogens (tertiary/aromatic N) is 1. The van der Waals surface area contributed by atoms with Gasteiger partial charge in [0.25, 0.3) is 0 Å². The average molecular weight is 270 g/mol. The molecular formula is C17H22N2O. The van der Waals surface area contributed by atoms with Crippen LogP contribution in [0.2, 0.25) is 0 Å². The lowest BCUT2D eigenvalue weighted by Gasteiger charge is -2.21. The topological polar surface area (TPSA) is 34.2 Å². The van der Waals surface area contributed by atoms with Crippen molar-refractivity contribution in [3.8, 4) is 5.75 Å². The molecule has 0 saturated heterocycles. The van der Waals surface area contributed by atoms with Gasteiger partial charge in [0.1, 0.15) is 5.75 Å². The number of aromatic nitrogens is 1. The molecule has 0 aliphatic carbocycles. The number of benzene rings is 1. The fraction of sp³-hybridized carbons (Fsp3) is 0.353. The Morgan fingerprint density at radius 2 is 2.00 bits per heavy atom. The number of rotatable bonds is 6. The SMILES string of the molecule is CCNC(c1cncc(OCC)c1)c1ccccc1C. The first-order valence-corrected chi connectivity index (χ1v) is 7.13. The van der Waals surface area contributed by atoms with Crippen molar-refractivity contribution in [2.24, 2.45) is 0 Å². The summed E-state index contributed by atoms with van der Waals surface area (Å²) >= 11 is 0. The Kier molecular flexibility index (Phi) is 5.13. The smallest absolute Gasteiger partial charge is 0.137 e. The number of hydrogen-bond donors (Lipinski definition) is 1. The van der Waals surface area contributed by atoms with E-state index in [0.717, 1.165) is 17.9 Å². The summed E-state index contributed by atoms with van der Waals surface area (Å²) in [5.41, 5.74) is 3.69. The fourth-order valence-corrected chi connectivity index (χ4v) is 2.36. The molecule has 0 aliphatic heterocycles. The third-order valence-corrected chi connectivity index (χ3v) is 3.29. The molecular weight excluding hydrogens is 248 g/mol. The van der Waals surface area contributed by atoms with Crippen molar-refractivity contribution in [3.63, 3.8) is 0 Å². The van der Waals surface area contributed by atoms with Gasteiger partial charge in [-0.2, -0.15) is 0 Å². The van der Waals surface area contributed by atoms with Gasteiger partial charge in [-0.1, -0.05) is 31.2 Å². The lowest BCUT2D eigenvalue weighted by Crippen LogP contribution is -2.23. The minimum absolute atomic E-state index is 0.147. The molecule has 0 amide bonds. The summed E-state index contributed by atoms with van der Waals surface area (Å²) in [6.45, 7) is 7.79. The summed E-state index contributed by atoms with van der Waals surface area (Å²) in [5.74, 6) is 0.821. The molecule has 106 valence electrons. The maximum absolute atomic E-state index is 5.55. The molecule has 1 aromatic heterocycles. The molecule has 0 fully saturated rings. The molecule has 2 aromatic rings. The molecule has 0 bridgehead atoms. The number of ether oxygens (including phenoxy) is 1. The van der Waals surface area contributed by atoms with Crippen LogP contribution in [0.25, 0.3) is 0 Å². The highest BCUT2D eigenvalue weighted by molar-refractivity contribution is 5.38. The first-order valence-electron chi connectivity index (χ1n) is 7.13. The van der Waals surface area contributed by atoms with Crippen molar-refractivity contribution < 1.29 is 4.74 Å². The highest BCUT2D eigenvalue weighted by atomic mass is 16.5. The molecule has 2 rings (SSSR count). The Morgan fingerprint density at radius 1 is 1.20 bits per heavy atom. The molecule has 1 aromatic carbocycles. The summed E-state index contributed by atoms with van der Waals surface area (Å²) in [7, 11) is 0. The number of pyridine rings is 1. The van der Waals surface area contributed by atoms with E-state index in [4.69, 9.17) is 4.74 Å². The number of nitrogens with one attached hydrogen (secondary N) is 1. The van der Waals surface area contributed by atoms with E-state index in [9.17, 15) is 0 Å². The van der Waals surface area contributed by atoms with Crippen LogP contribution in [-0.2, 0) is 0 Å². The van der Waals surface area contributed by atoms with Crippen molar-refractivity contribution in [3.05, 3.63) is 59.4 Å². The van der Waals surface area contributed by atoms with Crippen LogP contribution in [-0.4, -0.2) is 18.1 Å². The second kappa shape index (κ2) is 7.06. The van der Waals surface area contributed by atoms with Gasteiger partial charge in [0, 0.05) is 6.20 Å². The predicted molar refractivity (Wildman–Crippen MR) is 82.1 cm³/mol. The van der Waals surface area contributed by atoms with Gasteiger partial charge < -0.3 is 10.1 Å². The van der Waals surface area contributed by atoms with Crippen molar-refractivity contribution in [2.45, 2.75) is 26.8 Å². The van der Waals surface area contributed by atoms with E-state index in [1.807, 2.05) is 13.1 Å². The van der Waals surface area contributed by atoms with Gasteiger partial charge in [-0.05, 0) is 43.1 Å². The van der Waals surface area contributed by atoms with Crippen LogP contribution >= 0.6 is 0 Å². The van der Waals surface area contributed by atoms with Crippen LogP contribution in [0.5, 0.6) is 5.75 Å². The number of aryl methyl sites for hydroxylation is 1. The zero-order valence-electron chi connectivity index (χ0n) is 12.4. The highest BCUT2D eigenvalue weighted by Gasteiger charge is 2.15.